The standard InChI is InChI=1S/C18H29FN2/c1-18(2,3)14-9-10-16(20)13(11-14)12-21(4)17-8-6-5-7-15(17)19/h5-8,13-14,16H,9-12,20H2,1-4H3. The first kappa shape index (κ1) is 16.3. The first-order valence-electron chi connectivity index (χ1n) is 8.00. The lowest BCUT2D eigenvalue weighted by atomic mass is 9.67. The summed E-state index contributed by atoms with van der Waals surface area (Å²) in [5, 5.41) is 0. The Labute approximate surface area is 128 Å². The van der Waals surface area contributed by atoms with Crippen molar-refractivity contribution >= 4 is 5.69 Å². The number of hydrogen-bond acceptors (Lipinski definition) is 2. The van der Waals surface area contributed by atoms with E-state index in [2.05, 4.69) is 20.8 Å². The van der Waals surface area contributed by atoms with E-state index < -0.39 is 0 Å². The normalized spacial score (nSPS) is 26.7. The fourth-order valence-corrected chi connectivity index (χ4v) is 3.50. The molecule has 0 amide bonds. The van der Waals surface area contributed by atoms with Crippen LogP contribution < -0.4 is 10.6 Å². The minimum atomic E-state index is -0.156. The molecule has 1 aromatic carbocycles. The molecule has 2 nitrogen and oxygen atoms in total. The van der Waals surface area contributed by atoms with E-state index in [9.17, 15) is 4.39 Å². The lowest BCUT2D eigenvalue weighted by Gasteiger charge is -2.42. The van der Waals surface area contributed by atoms with Gasteiger partial charge in [0.15, 0.2) is 0 Å². The van der Waals surface area contributed by atoms with Gasteiger partial charge in [-0.25, -0.2) is 4.39 Å². The van der Waals surface area contributed by atoms with Crippen LogP contribution in [0.15, 0.2) is 24.3 Å². The van der Waals surface area contributed by atoms with Gasteiger partial charge in [0.1, 0.15) is 5.82 Å². The quantitative estimate of drug-likeness (QED) is 0.910. The molecule has 3 heteroatoms. The third-order valence-corrected chi connectivity index (χ3v) is 5.04. The monoisotopic (exact) mass is 292 g/mol. The van der Waals surface area contributed by atoms with E-state index in [0.29, 0.717) is 22.9 Å². The number of para-hydroxylation sites is 1. The molecule has 0 saturated heterocycles. The van der Waals surface area contributed by atoms with Gasteiger partial charge in [-0.1, -0.05) is 32.9 Å². The Balaban J connectivity index is 2.05. The van der Waals surface area contributed by atoms with Crippen LogP contribution in [0.3, 0.4) is 0 Å². The molecule has 1 fully saturated rings. The number of halogens is 1. The Morgan fingerprint density at radius 2 is 1.90 bits per heavy atom. The number of benzene rings is 1. The zero-order valence-electron chi connectivity index (χ0n) is 13.8. The molecular formula is C18H29FN2. The second-order valence-corrected chi connectivity index (χ2v) is 7.63. The maximum atomic E-state index is 13.9. The van der Waals surface area contributed by atoms with Crippen molar-refractivity contribution < 1.29 is 4.39 Å². The highest BCUT2D eigenvalue weighted by Crippen LogP contribution is 2.40. The summed E-state index contributed by atoms with van der Waals surface area (Å²) in [6.07, 6.45) is 3.44. The van der Waals surface area contributed by atoms with Crippen LogP contribution in [0.4, 0.5) is 10.1 Å². The zero-order chi connectivity index (χ0) is 15.6. The van der Waals surface area contributed by atoms with Crippen LogP contribution in [0.25, 0.3) is 0 Å². The van der Waals surface area contributed by atoms with Crippen molar-refractivity contribution in [2.75, 3.05) is 18.5 Å². The number of hydrogen-bond donors (Lipinski definition) is 1. The number of nitrogens with two attached hydrogens (primary N) is 1. The van der Waals surface area contributed by atoms with Crippen molar-refractivity contribution in [3.05, 3.63) is 30.1 Å². The van der Waals surface area contributed by atoms with E-state index in [1.807, 2.05) is 24.1 Å². The molecule has 1 saturated carbocycles. The molecule has 0 radical (unpaired) electrons. The van der Waals surface area contributed by atoms with Gasteiger partial charge in [-0.2, -0.15) is 0 Å². The second kappa shape index (κ2) is 6.35. The molecule has 118 valence electrons. The molecule has 3 atom stereocenters. The molecule has 1 aromatic rings. The average Bonchev–Trinajstić information content (AvgIpc) is 2.40. The highest BCUT2D eigenvalue weighted by Gasteiger charge is 2.34. The third kappa shape index (κ3) is 3.97. The lowest BCUT2D eigenvalue weighted by Crippen LogP contribution is -2.44. The van der Waals surface area contributed by atoms with Crippen molar-refractivity contribution in [3.63, 3.8) is 0 Å². The third-order valence-electron chi connectivity index (χ3n) is 5.04. The zero-order valence-corrected chi connectivity index (χ0v) is 13.8. The minimum Gasteiger partial charge on any atom is -0.372 e. The Kier molecular flexibility index (Phi) is 4.92. The van der Waals surface area contributed by atoms with Crippen LogP contribution in [0.2, 0.25) is 0 Å². The Bertz CT molecular complexity index is 467. The number of rotatable bonds is 3. The first-order valence-corrected chi connectivity index (χ1v) is 8.00. The van der Waals surface area contributed by atoms with Crippen LogP contribution in [0, 0.1) is 23.1 Å². The Hall–Kier alpha value is -1.09. The van der Waals surface area contributed by atoms with Gasteiger partial charge >= 0.3 is 0 Å². The van der Waals surface area contributed by atoms with Crippen LogP contribution >= 0.6 is 0 Å². The molecule has 1 aliphatic rings. The summed E-state index contributed by atoms with van der Waals surface area (Å²) in [7, 11) is 1.96. The van der Waals surface area contributed by atoms with E-state index >= 15 is 0 Å². The number of anilines is 1. The van der Waals surface area contributed by atoms with Crippen LogP contribution in [-0.2, 0) is 0 Å². The SMILES string of the molecule is CN(CC1CC(C(C)(C)C)CCC1N)c1ccccc1F. The minimum absolute atomic E-state index is 0.156. The molecule has 0 spiro atoms. The van der Waals surface area contributed by atoms with Gasteiger partial charge in [-0.15, -0.1) is 0 Å². The fourth-order valence-electron chi connectivity index (χ4n) is 3.50. The van der Waals surface area contributed by atoms with Crippen molar-refractivity contribution in [1.29, 1.82) is 0 Å². The maximum Gasteiger partial charge on any atom is 0.146 e. The van der Waals surface area contributed by atoms with Gasteiger partial charge in [0.05, 0.1) is 5.69 Å². The van der Waals surface area contributed by atoms with Crippen molar-refractivity contribution in [1.82, 2.24) is 0 Å². The lowest BCUT2D eigenvalue weighted by molar-refractivity contribution is 0.129. The summed E-state index contributed by atoms with van der Waals surface area (Å²) in [5.74, 6) is 0.987. The summed E-state index contributed by atoms with van der Waals surface area (Å²) in [5.41, 5.74) is 7.33. The molecule has 0 bridgehead atoms. The molecule has 2 N–H and O–H groups in total. The van der Waals surface area contributed by atoms with Crippen LogP contribution in [-0.4, -0.2) is 19.6 Å². The average molecular weight is 292 g/mol. The Morgan fingerprint density at radius 3 is 2.52 bits per heavy atom. The Morgan fingerprint density at radius 1 is 1.24 bits per heavy atom. The predicted molar refractivity (Wildman–Crippen MR) is 87.9 cm³/mol. The summed E-state index contributed by atoms with van der Waals surface area (Å²) in [6.45, 7) is 7.76. The second-order valence-electron chi connectivity index (χ2n) is 7.63. The maximum absolute atomic E-state index is 13.9. The van der Waals surface area contributed by atoms with Gasteiger partial charge in [-0.3, -0.25) is 0 Å². The van der Waals surface area contributed by atoms with Gasteiger partial charge in [0.2, 0.25) is 0 Å². The van der Waals surface area contributed by atoms with Crippen molar-refractivity contribution in [2.45, 2.75) is 46.1 Å². The topological polar surface area (TPSA) is 29.3 Å². The molecule has 1 aliphatic carbocycles. The van der Waals surface area contributed by atoms with Crippen molar-refractivity contribution in [2.24, 2.45) is 23.0 Å². The first-order chi connectivity index (χ1) is 9.79. The largest absolute Gasteiger partial charge is 0.372 e. The molecule has 0 heterocycles. The van der Waals surface area contributed by atoms with Crippen LogP contribution in [0.5, 0.6) is 0 Å². The molecule has 2 rings (SSSR count). The van der Waals surface area contributed by atoms with Crippen molar-refractivity contribution in [3.8, 4) is 0 Å². The van der Waals surface area contributed by atoms with E-state index in [-0.39, 0.29) is 11.9 Å². The predicted octanol–water partition coefficient (Wildman–Crippen LogP) is 4.05. The highest BCUT2D eigenvalue weighted by molar-refractivity contribution is 5.46. The van der Waals surface area contributed by atoms with Gasteiger partial charge < -0.3 is 10.6 Å². The molecule has 21 heavy (non-hydrogen) atoms. The van der Waals surface area contributed by atoms with Gasteiger partial charge in [0.25, 0.3) is 0 Å². The summed E-state index contributed by atoms with van der Waals surface area (Å²) in [4.78, 5) is 2.02. The van der Waals surface area contributed by atoms with E-state index in [1.54, 1.807) is 6.07 Å². The summed E-state index contributed by atoms with van der Waals surface area (Å²) >= 11 is 0. The molecule has 0 aliphatic heterocycles. The summed E-state index contributed by atoms with van der Waals surface area (Å²) in [6, 6.07) is 7.20. The molecular weight excluding hydrogens is 263 g/mol. The summed E-state index contributed by atoms with van der Waals surface area (Å²) < 4.78 is 13.9. The molecule has 3 unspecified atom stereocenters. The van der Waals surface area contributed by atoms with Crippen LogP contribution in [0.1, 0.15) is 40.0 Å². The van der Waals surface area contributed by atoms with E-state index in [0.717, 1.165) is 19.4 Å². The molecule has 0 aromatic heterocycles. The number of nitrogens with zero attached hydrogens (tertiary/aromatic N) is 1. The highest BCUT2D eigenvalue weighted by atomic mass is 19.1. The van der Waals surface area contributed by atoms with Gasteiger partial charge in [0, 0.05) is 19.6 Å². The van der Waals surface area contributed by atoms with E-state index in [1.165, 1.54) is 12.5 Å². The van der Waals surface area contributed by atoms with Gasteiger partial charge in [-0.05, 0) is 48.6 Å². The fraction of sp³-hybridized carbons (Fsp3) is 0.667. The van der Waals surface area contributed by atoms with E-state index in [4.69, 9.17) is 5.73 Å². The smallest absolute Gasteiger partial charge is 0.146 e.